The summed E-state index contributed by atoms with van der Waals surface area (Å²) in [4.78, 5) is 18.0. The van der Waals surface area contributed by atoms with E-state index in [4.69, 9.17) is 0 Å². The van der Waals surface area contributed by atoms with Gasteiger partial charge in [0, 0.05) is 18.0 Å². The van der Waals surface area contributed by atoms with Crippen LogP contribution in [0.1, 0.15) is 11.1 Å². The summed E-state index contributed by atoms with van der Waals surface area (Å²) in [5, 5.41) is 16.3. The van der Waals surface area contributed by atoms with Crippen molar-refractivity contribution >= 4 is 28.8 Å². The van der Waals surface area contributed by atoms with Gasteiger partial charge in [0.25, 0.3) is 5.69 Å². The first-order valence-electron chi connectivity index (χ1n) is 8.02. The van der Waals surface area contributed by atoms with Crippen LogP contribution in [-0.4, -0.2) is 14.9 Å². The molecule has 0 unspecified atom stereocenters. The summed E-state index contributed by atoms with van der Waals surface area (Å²) in [5.74, 6) is -0.677. The van der Waals surface area contributed by atoms with E-state index in [1.807, 2.05) is 19.1 Å². The average Bonchev–Trinajstić information content (AvgIpc) is 2.63. The first-order chi connectivity index (χ1) is 13.2. The zero-order valence-electron chi connectivity index (χ0n) is 14.5. The molecule has 2 aromatic carbocycles. The molecule has 10 heteroatoms. The molecule has 0 aliphatic heterocycles. The summed E-state index contributed by atoms with van der Waals surface area (Å²) >= 11 is 0. The van der Waals surface area contributed by atoms with E-state index in [-0.39, 0.29) is 17.3 Å². The van der Waals surface area contributed by atoms with Gasteiger partial charge in [-0.05, 0) is 25.1 Å². The van der Waals surface area contributed by atoms with E-state index in [9.17, 15) is 23.3 Å². The van der Waals surface area contributed by atoms with Gasteiger partial charge in [-0.3, -0.25) is 10.1 Å². The van der Waals surface area contributed by atoms with Gasteiger partial charge >= 0.3 is 6.18 Å². The van der Waals surface area contributed by atoms with Crippen molar-refractivity contribution in [3.05, 3.63) is 76.0 Å². The Morgan fingerprint density at radius 3 is 2.36 bits per heavy atom. The van der Waals surface area contributed by atoms with Gasteiger partial charge in [-0.2, -0.15) is 18.2 Å². The molecule has 1 aromatic heterocycles. The highest BCUT2D eigenvalue weighted by Gasteiger charge is 2.35. The third-order valence-corrected chi connectivity index (χ3v) is 3.76. The van der Waals surface area contributed by atoms with E-state index in [1.54, 1.807) is 12.1 Å². The van der Waals surface area contributed by atoms with Crippen LogP contribution in [0.3, 0.4) is 0 Å². The van der Waals surface area contributed by atoms with Crippen LogP contribution in [0.4, 0.5) is 42.0 Å². The van der Waals surface area contributed by atoms with Gasteiger partial charge in [-0.15, -0.1) is 0 Å². The Labute approximate surface area is 157 Å². The van der Waals surface area contributed by atoms with Gasteiger partial charge < -0.3 is 10.6 Å². The number of rotatable bonds is 5. The lowest BCUT2D eigenvalue weighted by Crippen LogP contribution is -2.13. The Hall–Kier alpha value is -3.69. The van der Waals surface area contributed by atoms with Crippen LogP contribution in [0, 0.1) is 17.0 Å². The lowest BCUT2D eigenvalue weighted by molar-refractivity contribution is -0.383. The lowest BCUT2D eigenvalue weighted by atomic mass is 10.2. The maximum absolute atomic E-state index is 13.3. The van der Waals surface area contributed by atoms with E-state index >= 15 is 0 Å². The number of aryl methyl sites for hydroxylation is 1. The Bertz CT molecular complexity index is 1010. The van der Waals surface area contributed by atoms with Gasteiger partial charge in [-0.25, -0.2) is 4.98 Å². The number of hydrogen-bond donors (Lipinski definition) is 2. The molecule has 144 valence electrons. The monoisotopic (exact) mass is 389 g/mol. The fourth-order valence-corrected chi connectivity index (χ4v) is 2.38. The summed E-state index contributed by atoms with van der Waals surface area (Å²) in [6, 6.07) is 12.5. The van der Waals surface area contributed by atoms with Crippen molar-refractivity contribution in [3.63, 3.8) is 0 Å². The Morgan fingerprint density at radius 2 is 1.71 bits per heavy atom. The highest BCUT2D eigenvalue weighted by atomic mass is 19.4. The average molecular weight is 389 g/mol. The van der Waals surface area contributed by atoms with Gasteiger partial charge in [0.1, 0.15) is 17.1 Å². The van der Waals surface area contributed by atoms with Gasteiger partial charge in [0.2, 0.25) is 5.95 Å². The second-order valence-corrected chi connectivity index (χ2v) is 5.84. The molecule has 0 amide bonds. The van der Waals surface area contributed by atoms with E-state index in [0.717, 1.165) is 5.56 Å². The molecule has 7 nitrogen and oxygen atoms in total. The molecule has 0 saturated heterocycles. The number of benzene rings is 2. The van der Waals surface area contributed by atoms with Gasteiger partial charge in [0.05, 0.1) is 4.92 Å². The molecule has 0 aliphatic rings. The predicted octanol–water partition coefficient (Wildman–Crippen LogP) is 5.20. The largest absolute Gasteiger partial charge is 0.421 e. The van der Waals surface area contributed by atoms with Crippen molar-refractivity contribution in [2.75, 3.05) is 10.6 Å². The van der Waals surface area contributed by atoms with Crippen molar-refractivity contribution in [2.24, 2.45) is 0 Å². The van der Waals surface area contributed by atoms with Crippen LogP contribution in [-0.2, 0) is 6.18 Å². The molecule has 0 aliphatic carbocycles. The van der Waals surface area contributed by atoms with E-state index in [1.165, 1.54) is 24.3 Å². The molecule has 0 fully saturated rings. The van der Waals surface area contributed by atoms with Crippen LogP contribution < -0.4 is 10.6 Å². The molecule has 0 radical (unpaired) electrons. The molecule has 0 saturated carbocycles. The molecule has 0 atom stereocenters. The van der Waals surface area contributed by atoms with E-state index < -0.39 is 22.5 Å². The lowest BCUT2D eigenvalue weighted by Gasteiger charge is -2.15. The molecular weight excluding hydrogens is 375 g/mol. The molecule has 3 aromatic rings. The molecule has 0 spiro atoms. The Balaban J connectivity index is 2.00. The highest BCUT2D eigenvalue weighted by molar-refractivity contribution is 5.70. The summed E-state index contributed by atoms with van der Waals surface area (Å²) in [5.41, 5.74) is -0.0278. The van der Waals surface area contributed by atoms with E-state index in [0.29, 0.717) is 11.9 Å². The second kappa shape index (κ2) is 7.51. The summed E-state index contributed by atoms with van der Waals surface area (Å²) in [6.07, 6.45) is -4.12. The smallest absolute Gasteiger partial charge is 0.334 e. The zero-order chi connectivity index (χ0) is 20.3. The van der Waals surface area contributed by atoms with Gasteiger partial charge in [-0.1, -0.05) is 29.8 Å². The van der Waals surface area contributed by atoms with Crippen LogP contribution in [0.25, 0.3) is 0 Å². The zero-order valence-corrected chi connectivity index (χ0v) is 14.5. The molecule has 2 N–H and O–H groups in total. The number of anilines is 4. The number of nitro groups is 1. The number of nitro benzene ring substituents is 1. The maximum Gasteiger partial charge on any atom is 0.421 e. The number of halogens is 3. The first kappa shape index (κ1) is 19.1. The van der Waals surface area contributed by atoms with Crippen LogP contribution in [0.2, 0.25) is 0 Å². The number of nitrogens with zero attached hydrogens (tertiary/aromatic N) is 3. The van der Waals surface area contributed by atoms with Gasteiger partial charge in [0.15, 0.2) is 0 Å². The summed E-state index contributed by atoms with van der Waals surface area (Å²) in [7, 11) is 0. The molecule has 3 rings (SSSR count). The summed E-state index contributed by atoms with van der Waals surface area (Å²) in [6.45, 7) is 1.90. The minimum absolute atomic E-state index is 0.0852. The standard InChI is InChI=1S/C18H14F3N5O2/c1-11-6-8-12(9-7-11)23-17-22-10-13(18(19,20)21)16(25-17)24-14-4-2-3-5-15(14)26(27)28/h2-10H,1H3,(H2,22,23,24,25). The third kappa shape index (κ3) is 4.34. The number of para-hydroxylation sites is 2. The second-order valence-electron chi connectivity index (χ2n) is 5.84. The molecule has 28 heavy (non-hydrogen) atoms. The van der Waals surface area contributed by atoms with Crippen molar-refractivity contribution in [1.29, 1.82) is 0 Å². The Morgan fingerprint density at radius 1 is 1.04 bits per heavy atom. The van der Waals surface area contributed by atoms with E-state index in [2.05, 4.69) is 20.6 Å². The first-order valence-corrected chi connectivity index (χ1v) is 8.02. The summed E-state index contributed by atoms with van der Waals surface area (Å²) < 4.78 is 40.0. The Kier molecular flexibility index (Phi) is 5.12. The number of nitrogens with one attached hydrogen (secondary N) is 2. The van der Waals surface area contributed by atoms with Crippen molar-refractivity contribution in [2.45, 2.75) is 13.1 Å². The van der Waals surface area contributed by atoms with Crippen LogP contribution >= 0.6 is 0 Å². The van der Waals surface area contributed by atoms with Crippen molar-refractivity contribution < 1.29 is 18.1 Å². The normalized spacial score (nSPS) is 11.1. The minimum Gasteiger partial charge on any atom is -0.334 e. The van der Waals surface area contributed by atoms with Crippen LogP contribution in [0.5, 0.6) is 0 Å². The molecular formula is C18H14F3N5O2. The van der Waals surface area contributed by atoms with Crippen molar-refractivity contribution in [1.82, 2.24) is 9.97 Å². The van der Waals surface area contributed by atoms with Crippen LogP contribution in [0.15, 0.2) is 54.7 Å². The topological polar surface area (TPSA) is 93.0 Å². The predicted molar refractivity (Wildman–Crippen MR) is 97.9 cm³/mol. The fourth-order valence-electron chi connectivity index (χ4n) is 2.38. The molecule has 1 heterocycles. The quantitative estimate of drug-likeness (QED) is 0.460. The SMILES string of the molecule is Cc1ccc(Nc2ncc(C(F)(F)F)c(Nc3ccccc3[N+](=O)[O-])n2)cc1. The third-order valence-electron chi connectivity index (χ3n) is 3.76. The number of aromatic nitrogens is 2. The van der Waals surface area contributed by atoms with Crippen molar-refractivity contribution in [3.8, 4) is 0 Å². The highest BCUT2D eigenvalue weighted by Crippen LogP contribution is 2.36. The maximum atomic E-state index is 13.3. The fraction of sp³-hybridized carbons (Fsp3) is 0.111. The molecule has 0 bridgehead atoms. The number of alkyl halides is 3. The number of hydrogen-bond acceptors (Lipinski definition) is 6. The minimum atomic E-state index is -4.74.